The minimum absolute atomic E-state index is 0.639. The van der Waals surface area contributed by atoms with Gasteiger partial charge in [-0.25, -0.2) is 4.98 Å². The van der Waals surface area contributed by atoms with Gasteiger partial charge in [0, 0.05) is 24.4 Å². The van der Waals surface area contributed by atoms with Crippen LogP contribution in [0.5, 0.6) is 0 Å². The van der Waals surface area contributed by atoms with Crippen LogP contribution in [0, 0.1) is 0 Å². The van der Waals surface area contributed by atoms with Crippen molar-refractivity contribution in [2.45, 2.75) is 57.6 Å². The van der Waals surface area contributed by atoms with Crippen molar-refractivity contribution in [1.82, 2.24) is 10.3 Å². The van der Waals surface area contributed by atoms with Crippen molar-refractivity contribution in [1.29, 1.82) is 0 Å². The first-order chi connectivity index (χ1) is 8.85. The Kier molecular flexibility index (Phi) is 5.60. The lowest BCUT2D eigenvalue weighted by atomic mass is 10.0. The van der Waals surface area contributed by atoms with E-state index >= 15 is 0 Å². The van der Waals surface area contributed by atoms with E-state index in [-0.39, 0.29) is 0 Å². The van der Waals surface area contributed by atoms with E-state index in [1.54, 1.807) is 7.11 Å². The number of ether oxygens (including phenoxy) is 1. The summed E-state index contributed by atoms with van der Waals surface area (Å²) in [5.74, 6) is 0.693. The first kappa shape index (κ1) is 14.0. The first-order valence-corrected chi connectivity index (χ1v) is 7.78. The van der Waals surface area contributed by atoms with Gasteiger partial charge < -0.3 is 10.1 Å². The molecule has 1 aliphatic carbocycles. The maximum atomic E-state index is 5.26. The van der Waals surface area contributed by atoms with E-state index < -0.39 is 0 Å². The highest BCUT2D eigenvalue weighted by Gasteiger charge is 2.20. The largest absolute Gasteiger partial charge is 0.378 e. The van der Waals surface area contributed by atoms with Crippen LogP contribution in [0.15, 0.2) is 0 Å². The van der Waals surface area contributed by atoms with Crippen LogP contribution in [-0.4, -0.2) is 19.1 Å². The summed E-state index contributed by atoms with van der Waals surface area (Å²) < 4.78 is 5.26. The Bertz CT molecular complexity index is 333. The van der Waals surface area contributed by atoms with E-state index in [1.165, 1.54) is 48.4 Å². The monoisotopic (exact) mass is 268 g/mol. The number of nitrogens with one attached hydrogen (secondary N) is 1. The van der Waals surface area contributed by atoms with Crippen molar-refractivity contribution in [3.8, 4) is 0 Å². The molecule has 2 rings (SSSR count). The standard InChI is InChI=1S/C14H24N2OS/c1-15-9-13-12(10-17-2)16-14(18-13)11-7-5-3-4-6-8-11/h11,15H,3-10H2,1-2H3. The predicted molar refractivity (Wildman–Crippen MR) is 76.0 cm³/mol. The van der Waals surface area contributed by atoms with Crippen molar-refractivity contribution >= 4 is 11.3 Å². The Labute approximate surface area is 114 Å². The second-order valence-electron chi connectivity index (χ2n) is 5.07. The van der Waals surface area contributed by atoms with Crippen LogP contribution in [0.25, 0.3) is 0 Å². The summed E-state index contributed by atoms with van der Waals surface area (Å²) in [4.78, 5) is 6.18. The zero-order chi connectivity index (χ0) is 12.8. The number of hydrogen-bond donors (Lipinski definition) is 1. The van der Waals surface area contributed by atoms with Gasteiger partial charge in [-0.05, 0) is 19.9 Å². The molecule has 1 aromatic rings. The second-order valence-corrected chi connectivity index (χ2v) is 6.19. The van der Waals surface area contributed by atoms with E-state index in [9.17, 15) is 0 Å². The predicted octanol–water partition coefficient (Wildman–Crippen LogP) is 3.45. The van der Waals surface area contributed by atoms with Gasteiger partial charge in [-0.2, -0.15) is 0 Å². The minimum Gasteiger partial charge on any atom is -0.378 e. The molecule has 1 aliphatic rings. The fourth-order valence-electron chi connectivity index (χ4n) is 2.65. The molecule has 1 heterocycles. The average Bonchev–Trinajstić information content (AvgIpc) is 2.62. The molecule has 0 aliphatic heterocycles. The fourth-order valence-corrected chi connectivity index (χ4v) is 3.90. The molecule has 1 aromatic heterocycles. The topological polar surface area (TPSA) is 34.2 Å². The molecule has 0 atom stereocenters. The third kappa shape index (κ3) is 3.53. The number of thiazole rings is 1. The molecule has 0 bridgehead atoms. The molecule has 0 aromatic carbocycles. The lowest BCUT2D eigenvalue weighted by Crippen LogP contribution is -2.06. The number of methoxy groups -OCH3 is 1. The van der Waals surface area contributed by atoms with Crippen LogP contribution in [0.3, 0.4) is 0 Å². The van der Waals surface area contributed by atoms with Crippen molar-refractivity contribution in [2.24, 2.45) is 0 Å². The molecule has 4 heteroatoms. The van der Waals surface area contributed by atoms with Crippen LogP contribution in [0.1, 0.15) is 60.0 Å². The summed E-state index contributed by atoms with van der Waals surface area (Å²) in [5, 5.41) is 4.57. The van der Waals surface area contributed by atoms with Crippen LogP contribution >= 0.6 is 11.3 Å². The van der Waals surface area contributed by atoms with Crippen LogP contribution in [0.4, 0.5) is 0 Å². The van der Waals surface area contributed by atoms with Crippen LogP contribution in [0.2, 0.25) is 0 Å². The van der Waals surface area contributed by atoms with E-state index in [4.69, 9.17) is 9.72 Å². The first-order valence-electron chi connectivity index (χ1n) is 6.97. The normalized spacial score (nSPS) is 17.9. The smallest absolute Gasteiger partial charge is 0.0963 e. The fraction of sp³-hybridized carbons (Fsp3) is 0.786. The summed E-state index contributed by atoms with van der Waals surface area (Å²) in [6.45, 7) is 1.54. The highest BCUT2D eigenvalue weighted by molar-refractivity contribution is 7.11. The molecule has 0 saturated heterocycles. The zero-order valence-corrected chi connectivity index (χ0v) is 12.3. The minimum atomic E-state index is 0.639. The quantitative estimate of drug-likeness (QED) is 0.831. The maximum Gasteiger partial charge on any atom is 0.0963 e. The molecule has 18 heavy (non-hydrogen) atoms. The van der Waals surface area contributed by atoms with Gasteiger partial charge in [0.2, 0.25) is 0 Å². The van der Waals surface area contributed by atoms with Crippen molar-refractivity contribution in [2.75, 3.05) is 14.2 Å². The summed E-state index contributed by atoms with van der Waals surface area (Å²) in [6.07, 6.45) is 8.17. The molecule has 0 unspecified atom stereocenters. The second kappa shape index (κ2) is 7.22. The van der Waals surface area contributed by atoms with Gasteiger partial charge in [-0.1, -0.05) is 25.7 Å². The number of rotatable bonds is 5. The molecule has 0 amide bonds. The van der Waals surface area contributed by atoms with Crippen LogP contribution in [-0.2, 0) is 17.9 Å². The third-order valence-corrected chi connectivity index (χ3v) is 4.88. The molecular weight excluding hydrogens is 244 g/mol. The Balaban J connectivity index is 2.13. The molecule has 1 N–H and O–H groups in total. The van der Waals surface area contributed by atoms with E-state index in [1.807, 2.05) is 18.4 Å². The molecular formula is C14H24N2OS. The number of hydrogen-bond acceptors (Lipinski definition) is 4. The van der Waals surface area contributed by atoms with Gasteiger partial charge >= 0.3 is 0 Å². The lowest BCUT2D eigenvalue weighted by Gasteiger charge is -2.09. The highest BCUT2D eigenvalue weighted by Crippen LogP contribution is 2.35. The lowest BCUT2D eigenvalue weighted by molar-refractivity contribution is 0.181. The maximum absolute atomic E-state index is 5.26. The molecule has 1 fully saturated rings. The molecule has 0 spiro atoms. The highest BCUT2D eigenvalue weighted by atomic mass is 32.1. The van der Waals surface area contributed by atoms with Crippen molar-refractivity contribution in [3.05, 3.63) is 15.6 Å². The van der Waals surface area contributed by atoms with Gasteiger partial charge in [0.15, 0.2) is 0 Å². The van der Waals surface area contributed by atoms with Crippen LogP contribution < -0.4 is 5.32 Å². The van der Waals surface area contributed by atoms with Gasteiger partial charge in [-0.15, -0.1) is 11.3 Å². The van der Waals surface area contributed by atoms with Gasteiger partial charge in [0.05, 0.1) is 17.3 Å². The summed E-state index contributed by atoms with van der Waals surface area (Å²) in [6, 6.07) is 0. The molecule has 3 nitrogen and oxygen atoms in total. The molecule has 1 saturated carbocycles. The van der Waals surface area contributed by atoms with Gasteiger partial charge in [0.1, 0.15) is 0 Å². The van der Waals surface area contributed by atoms with Crippen molar-refractivity contribution in [3.63, 3.8) is 0 Å². The van der Waals surface area contributed by atoms with Crippen molar-refractivity contribution < 1.29 is 4.74 Å². The number of nitrogens with zero attached hydrogens (tertiary/aromatic N) is 1. The molecule has 102 valence electrons. The Morgan fingerprint density at radius 2 is 2.00 bits per heavy atom. The summed E-state index contributed by atoms with van der Waals surface area (Å²) in [7, 11) is 3.73. The Morgan fingerprint density at radius 3 is 2.61 bits per heavy atom. The zero-order valence-electron chi connectivity index (χ0n) is 11.5. The summed E-state index contributed by atoms with van der Waals surface area (Å²) in [5.41, 5.74) is 1.14. The Hall–Kier alpha value is -0.450. The third-order valence-electron chi connectivity index (χ3n) is 3.62. The van der Waals surface area contributed by atoms with Gasteiger partial charge in [-0.3, -0.25) is 0 Å². The summed E-state index contributed by atoms with van der Waals surface area (Å²) >= 11 is 1.89. The number of aromatic nitrogens is 1. The van der Waals surface area contributed by atoms with E-state index in [0.717, 1.165) is 12.2 Å². The van der Waals surface area contributed by atoms with E-state index in [2.05, 4.69) is 5.32 Å². The van der Waals surface area contributed by atoms with Gasteiger partial charge in [0.25, 0.3) is 0 Å². The average molecular weight is 268 g/mol. The molecule has 0 radical (unpaired) electrons. The SMILES string of the molecule is CNCc1sc(C2CCCCCC2)nc1COC. The van der Waals surface area contributed by atoms with E-state index in [0.29, 0.717) is 12.5 Å². The Morgan fingerprint density at radius 1 is 1.28 bits per heavy atom.